The molecule has 1 aliphatic heterocycles. The van der Waals surface area contributed by atoms with E-state index < -0.39 is 0 Å². The fraction of sp³-hybridized carbons (Fsp3) is 0.524. The smallest absolute Gasteiger partial charge is 0.227 e. The fourth-order valence-corrected chi connectivity index (χ4v) is 4.40. The van der Waals surface area contributed by atoms with Crippen LogP contribution in [0.1, 0.15) is 37.1 Å². The number of nitrogens with zero attached hydrogens (tertiary/aromatic N) is 3. The van der Waals surface area contributed by atoms with Crippen LogP contribution >= 0.6 is 0 Å². The third-order valence-electron chi connectivity index (χ3n) is 6.06. The third-order valence-corrected chi connectivity index (χ3v) is 6.06. The molecule has 2 aliphatic rings. The van der Waals surface area contributed by atoms with Crippen molar-refractivity contribution in [1.82, 2.24) is 20.4 Å². The first-order chi connectivity index (χ1) is 13.5. The highest BCUT2D eigenvalue weighted by atomic mass is 16.5. The second kappa shape index (κ2) is 7.73. The number of amides is 2. The van der Waals surface area contributed by atoms with Crippen LogP contribution < -0.4 is 5.32 Å². The Bertz CT molecular complexity index is 878. The van der Waals surface area contributed by atoms with Crippen molar-refractivity contribution in [1.29, 1.82) is 0 Å². The first-order valence-corrected chi connectivity index (χ1v) is 9.91. The highest BCUT2D eigenvalue weighted by molar-refractivity contribution is 5.78. The molecule has 7 heteroatoms. The molecule has 3 atom stereocenters. The van der Waals surface area contributed by atoms with Crippen molar-refractivity contribution in [2.45, 2.75) is 45.1 Å². The lowest BCUT2D eigenvalue weighted by atomic mass is 9.89. The normalized spacial score (nSPS) is 23.9. The van der Waals surface area contributed by atoms with Crippen LogP contribution in [0.4, 0.5) is 0 Å². The molecule has 1 saturated carbocycles. The summed E-state index contributed by atoms with van der Waals surface area (Å²) >= 11 is 0. The van der Waals surface area contributed by atoms with Gasteiger partial charge in [0.15, 0.2) is 0 Å². The number of aromatic nitrogens is 2. The minimum Gasteiger partial charge on any atom is -0.356 e. The van der Waals surface area contributed by atoms with Crippen molar-refractivity contribution in [3.63, 3.8) is 0 Å². The summed E-state index contributed by atoms with van der Waals surface area (Å²) in [5.41, 5.74) is 2.05. The molecule has 7 nitrogen and oxygen atoms in total. The molecule has 1 N–H and O–H groups in total. The van der Waals surface area contributed by atoms with Crippen LogP contribution in [0.2, 0.25) is 0 Å². The summed E-state index contributed by atoms with van der Waals surface area (Å²) in [7, 11) is 1.87. The molecule has 4 rings (SSSR count). The van der Waals surface area contributed by atoms with E-state index in [9.17, 15) is 9.59 Å². The minimum absolute atomic E-state index is 0.0817. The van der Waals surface area contributed by atoms with Gasteiger partial charge in [-0.2, -0.15) is 4.98 Å². The molecule has 1 aliphatic carbocycles. The number of rotatable bonds is 5. The van der Waals surface area contributed by atoms with Crippen molar-refractivity contribution in [3.8, 4) is 11.4 Å². The molecular formula is C21H26N4O3. The lowest BCUT2D eigenvalue weighted by Gasteiger charge is -2.24. The van der Waals surface area contributed by atoms with Crippen molar-refractivity contribution in [3.05, 3.63) is 35.7 Å². The van der Waals surface area contributed by atoms with Gasteiger partial charge in [-0.1, -0.05) is 28.9 Å². The molecule has 0 unspecified atom stereocenters. The van der Waals surface area contributed by atoms with Crippen molar-refractivity contribution < 1.29 is 14.1 Å². The molecular weight excluding hydrogens is 356 g/mol. The molecule has 148 valence electrons. The van der Waals surface area contributed by atoms with Gasteiger partial charge in [-0.05, 0) is 37.7 Å². The molecule has 0 radical (unpaired) electrons. The number of hydrogen-bond acceptors (Lipinski definition) is 5. The Kier molecular flexibility index (Phi) is 5.15. The third kappa shape index (κ3) is 3.93. The van der Waals surface area contributed by atoms with Gasteiger partial charge in [0, 0.05) is 44.5 Å². The lowest BCUT2D eigenvalue weighted by Crippen LogP contribution is -2.38. The topological polar surface area (TPSA) is 88.3 Å². The predicted molar refractivity (Wildman–Crippen MR) is 103 cm³/mol. The molecule has 1 aromatic carbocycles. The average molecular weight is 382 g/mol. The Hall–Kier alpha value is -2.70. The zero-order valence-corrected chi connectivity index (χ0v) is 16.4. The van der Waals surface area contributed by atoms with Gasteiger partial charge in [0.05, 0.1) is 0 Å². The maximum absolute atomic E-state index is 12.6. The number of hydrogen-bond donors (Lipinski definition) is 1. The summed E-state index contributed by atoms with van der Waals surface area (Å²) in [4.78, 5) is 30.5. The van der Waals surface area contributed by atoms with Gasteiger partial charge in [-0.3, -0.25) is 9.59 Å². The average Bonchev–Trinajstić information content (AvgIpc) is 3.32. The first-order valence-electron chi connectivity index (χ1n) is 9.91. The quantitative estimate of drug-likeness (QED) is 0.858. The molecule has 2 heterocycles. The summed E-state index contributed by atoms with van der Waals surface area (Å²) in [5, 5.41) is 6.97. The number of aryl methyl sites for hydroxylation is 2. The summed E-state index contributed by atoms with van der Waals surface area (Å²) in [6, 6.07) is 8.14. The van der Waals surface area contributed by atoms with E-state index in [1.54, 1.807) is 0 Å². The van der Waals surface area contributed by atoms with E-state index in [1.165, 1.54) is 0 Å². The van der Waals surface area contributed by atoms with Crippen molar-refractivity contribution >= 4 is 11.8 Å². The highest BCUT2D eigenvalue weighted by Crippen LogP contribution is 2.38. The Morgan fingerprint density at radius 3 is 2.96 bits per heavy atom. The SMILES string of the molecule is Cc1cccc(-c2noc(CCC(=O)N(C)[C@H]3C[C@H]4CC(=O)NC[C@H]4C3)n2)c1. The molecule has 2 amide bonds. The number of carbonyl (C=O) groups is 2. The van der Waals surface area contributed by atoms with Crippen molar-refractivity contribution in [2.24, 2.45) is 11.8 Å². The molecule has 1 aromatic heterocycles. The lowest BCUT2D eigenvalue weighted by molar-refractivity contribution is -0.132. The van der Waals surface area contributed by atoms with E-state index in [4.69, 9.17) is 4.52 Å². The summed E-state index contributed by atoms with van der Waals surface area (Å²) in [6.07, 6.45) is 3.24. The number of benzene rings is 1. The maximum atomic E-state index is 12.6. The molecule has 1 saturated heterocycles. The molecule has 2 aromatic rings. The zero-order chi connectivity index (χ0) is 19.7. The number of carbonyl (C=O) groups excluding carboxylic acids is 2. The predicted octanol–water partition coefficient (Wildman–Crippen LogP) is 2.35. The Morgan fingerprint density at radius 1 is 1.32 bits per heavy atom. The Morgan fingerprint density at radius 2 is 2.14 bits per heavy atom. The molecule has 28 heavy (non-hydrogen) atoms. The van der Waals surface area contributed by atoms with Crippen LogP contribution in [0.5, 0.6) is 0 Å². The van der Waals surface area contributed by atoms with E-state index in [0.717, 1.165) is 30.5 Å². The van der Waals surface area contributed by atoms with Crippen molar-refractivity contribution in [2.75, 3.05) is 13.6 Å². The second-order valence-electron chi connectivity index (χ2n) is 8.04. The largest absolute Gasteiger partial charge is 0.356 e. The summed E-state index contributed by atoms with van der Waals surface area (Å²) in [6.45, 7) is 2.76. The van der Waals surface area contributed by atoms with Crippen LogP contribution in [-0.4, -0.2) is 46.5 Å². The van der Waals surface area contributed by atoms with E-state index >= 15 is 0 Å². The zero-order valence-electron chi connectivity index (χ0n) is 16.4. The van der Waals surface area contributed by atoms with E-state index in [0.29, 0.717) is 42.8 Å². The number of fused-ring (bicyclic) bond motifs is 1. The monoisotopic (exact) mass is 382 g/mol. The fourth-order valence-electron chi connectivity index (χ4n) is 4.40. The van der Waals surface area contributed by atoms with Gasteiger partial charge in [0.2, 0.25) is 23.5 Å². The number of piperidine rings is 1. The van der Waals surface area contributed by atoms with Crippen LogP contribution in [0.15, 0.2) is 28.8 Å². The first kappa shape index (κ1) is 18.7. The van der Waals surface area contributed by atoms with Gasteiger partial charge in [0.25, 0.3) is 0 Å². The van der Waals surface area contributed by atoms with E-state index in [2.05, 4.69) is 15.5 Å². The van der Waals surface area contributed by atoms with Gasteiger partial charge >= 0.3 is 0 Å². The molecule has 0 bridgehead atoms. The van der Waals surface area contributed by atoms with Crippen LogP contribution in [0.25, 0.3) is 11.4 Å². The highest BCUT2D eigenvalue weighted by Gasteiger charge is 2.40. The molecule has 0 spiro atoms. The van der Waals surface area contributed by atoms with Crippen LogP contribution in [-0.2, 0) is 16.0 Å². The van der Waals surface area contributed by atoms with E-state index in [1.807, 2.05) is 43.1 Å². The standard InChI is InChI=1S/C21H26N4O3/c1-13-4-3-5-14(8-13)21-23-19(28-24-21)6-7-20(27)25(2)17-9-15-11-18(26)22-12-16(15)10-17/h3-5,8,15-17H,6-7,9-12H2,1-2H3,(H,22,26)/t15-,16+,17-/m0/s1. The Balaban J connectivity index is 1.31. The van der Waals surface area contributed by atoms with Gasteiger partial charge in [0.1, 0.15) is 0 Å². The Labute approximate surface area is 164 Å². The van der Waals surface area contributed by atoms with Crippen LogP contribution in [0, 0.1) is 18.8 Å². The van der Waals surface area contributed by atoms with Gasteiger partial charge in [-0.25, -0.2) is 0 Å². The minimum atomic E-state index is 0.0817. The van der Waals surface area contributed by atoms with Crippen LogP contribution in [0.3, 0.4) is 0 Å². The summed E-state index contributed by atoms with van der Waals surface area (Å²) < 4.78 is 5.33. The summed E-state index contributed by atoms with van der Waals surface area (Å²) in [5.74, 6) is 2.15. The van der Waals surface area contributed by atoms with Gasteiger partial charge < -0.3 is 14.7 Å². The van der Waals surface area contributed by atoms with E-state index in [-0.39, 0.29) is 17.9 Å². The molecule has 2 fully saturated rings. The second-order valence-corrected chi connectivity index (χ2v) is 8.04. The van der Waals surface area contributed by atoms with Gasteiger partial charge in [-0.15, -0.1) is 0 Å². The maximum Gasteiger partial charge on any atom is 0.227 e. The number of nitrogens with one attached hydrogen (secondary N) is 1.